The maximum Gasteiger partial charge on any atom is 0.306 e. The van der Waals surface area contributed by atoms with Crippen LogP contribution in [-0.2, 0) is 28.6 Å². The number of carbonyl (C=O) groups excluding carboxylic acids is 3. The van der Waals surface area contributed by atoms with Crippen molar-refractivity contribution in [1.29, 1.82) is 0 Å². The highest BCUT2D eigenvalue weighted by Gasteiger charge is 2.19. The van der Waals surface area contributed by atoms with Crippen molar-refractivity contribution < 1.29 is 28.6 Å². The molecule has 0 N–H and O–H groups in total. The van der Waals surface area contributed by atoms with Crippen molar-refractivity contribution in [3.63, 3.8) is 0 Å². The molecule has 6 nitrogen and oxygen atoms in total. The molecule has 0 aromatic rings. The van der Waals surface area contributed by atoms with Crippen LogP contribution in [0, 0.1) is 0 Å². The van der Waals surface area contributed by atoms with Gasteiger partial charge in [-0.15, -0.1) is 0 Å². The highest BCUT2D eigenvalue weighted by molar-refractivity contribution is 5.71. The summed E-state index contributed by atoms with van der Waals surface area (Å²) in [5.74, 6) is -1.04. The average molecular weight is 831 g/mol. The lowest BCUT2D eigenvalue weighted by Gasteiger charge is -2.18. The van der Waals surface area contributed by atoms with Crippen molar-refractivity contribution in [1.82, 2.24) is 0 Å². The molecule has 0 rings (SSSR count). The zero-order chi connectivity index (χ0) is 43.7. The molecule has 0 radical (unpaired) electrons. The van der Waals surface area contributed by atoms with Crippen LogP contribution in [-0.4, -0.2) is 37.2 Å². The third-order valence-electron chi connectivity index (χ3n) is 9.51. The Balaban J connectivity index is 4.53. The van der Waals surface area contributed by atoms with Crippen LogP contribution in [0.1, 0.15) is 194 Å². The van der Waals surface area contributed by atoms with Crippen LogP contribution in [0.2, 0.25) is 0 Å². The van der Waals surface area contributed by atoms with Crippen molar-refractivity contribution in [2.24, 2.45) is 0 Å². The summed E-state index contributed by atoms with van der Waals surface area (Å²) in [5, 5.41) is 0. The molecule has 0 amide bonds. The van der Waals surface area contributed by atoms with Gasteiger partial charge in [-0.2, -0.15) is 0 Å². The Morgan fingerprint density at radius 1 is 0.350 bits per heavy atom. The molecule has 0 spiro atoms. The topological polar surface area (TPSA) is 78.9 Å². The first-order chi connectivity index (χ1) is 29.5. The molecule has 0 saturated carbocycles. The zero-order valence-corrected chi connectivity index (χ0v) is 38.4. The van der Waals surface area contributed by atoms with Gasteiger partial charge in [-0.05, 0) is 103 Å². The van der Waals surface area contributed by atoms with Gasteiger partial charge in [0.25, 0.3) is 0 Å². The second-order valence-corrected chi connectivity index (χ2v) is 15.2. The fourth-order valence-corrected chi connectivity index (χ4v) is 5.95. The van der Waals surface area contributed by atoms with Gasteiger partial charge in [0.05, 0.1) is 0 Å². The van der Waals surface area contributed by atoms with E-state index >= 15 is 0 Å². The normalized spacial score (nSPS) is 13.1. The molecule has 0 fully saturated rings. The molecule has 1 atom stereocenters. The Morgan fingerprint density at radius 3 is 1.13 bits per heavy atom. The van der Waals surface area contributed by atoms with Gasteiger partial charge in [0.15, 0.2) is 6.10 Å². The lowest BCUT2D eigenvalue weighted by molar-refractivity contribution is -0.166. The van der Waals surface area contributed by atoms with Crippen LogP contribution >= 0.6 is 0 Å². The summed E-state index contributed by atoms with van der Waals surface area (Å²) in [6.07, 6.45) is 63.7. The summed E-state index contributed by atoms with van der Waals surface area (Å²) in [4.78, 5) is 37.8. The fourth-order valence-electron chi connectivity index (χ4n) is 5.95. The first-order valence-corrected chi connectivity index (χ1v) is 23.9. The summed E-state index contributed by atoms with van der Waals surface area (Å²) >= 11 is 0. The molecule has 338 valence electrons. The predicted octanol–water partition coefficient (Wildman–Crippen LogP) is 15.6. The van der Waals surface area contributed by atoms with E-state index in [9.17, 15) is 14.4 Å². The minimum Gasteiger partial charge on any atom is -0.462 e. The second kappa shape index (κ2) is 47.7. The lowest BCUT2D eigenvalue weighted by atomic mass is 10.1. The van der Waals surface area contributed by atoms with E-state index in [1.165, 1.54) is 25.7 Å². The first-order valence-electron chi connectivity index (χ1n) is 23.9. The van der Waals surface area contributed by atoms with Crippen LogP contribution < -0.4 is 0 Å². The van der Waals surface area contributed by atoms with Gasteiger partial charge >= 0.3 is 17.9 Å². The van der Waals surface area contributed by atoms with Crippen LogP contribution in [0.25, 0.3) is 0 Å². The highest BCUT2D eigenvalue weighted by atomic mass is 16.6. The number of unbranched alkanes of at least 4 members (excludes halogenated alkanes) is 12. The SMILES string of the molecule is CC/C=C\C/C=C\C/C=C\C/C=C\C/C=C\CCC(=O)OCC(COC(=O)CCCCCC/C=C\CCCC)OC(=O)CCCCCCCC/C=C\C/C=C\C/C=C\CC. The Bertz CT molecular complexity index is 1280. The lowest BCUT2D eigenvalue weighted by Crippen LogP contribution is -2.30. The minimum absolute atomic E-state index is 0.115. The maximum absolute atomic E-state index is 12.8. The monoisotopic (exact) mass is 831 g/mol. The number of hydrogen-bond donors (Lipinski definition) is 0. The first kappa shape index (κ1) is 56.1. The van der Waals surface area contributed by atoms with Gasteiger partial charge in [0.1, 0.15) is 13.2 Å². The summed E-state index contributed by atoms with van der Waals surface area (Å²) < 4.78 is 16.6. The van der Waals surface area contributed by atoms with Crippen molar-refractivity contribution in [2.75, 3.05) is 13.2 Å². The van der Waals surface area contributed by atoms with E-state index in [-0.39, 0.29) is 37.5 Å². The number of carbonyl (C=O) groups is 3. The van der Waals surface area contributed by atoms with E-state index in [1.54, 1.807) is 0 Å². The molecule has 0 aliphatic carbocycles. The van der Waals surface area contributed by atoms with Crippen LogP contribution in [0.15, 0.2) is 109 Å². The molecule has 0 bridgehead atoms. The molecule has 0 aliphatic rings. The zero-order valence-electron chi connectivity index (χ0n) is 38.4. The van der Waals surface area contributed by atoms with E-state index in [2.05, 4.69) is 118 Å². The molecule has 60 heavy (non-hydrogen) atoms. The Hall–Kier alpha value is -3.93. The summed E-state index contributed by atoms with van der Waals surface area (Å²) in [6.45, 7) is 6.25. The van der Waals surface area contributed by atoms with E-state index in [0.29, 0.717) is 19.3 Å². The molecule has 0 aliphatic heterocycles. The van der Waals surface area contributed by atoms with E-state index in [1.807, 2.05) is 12.2 Å². The van der Waals surface area contributed by atoms with E-state index in [4.69, 9.17) is 14.2 Å². The molecular weight excluding hydrogens is 745 g/mol. The van der Waals surface area contributed by atoms with Crippen molar-refractivity contribution >= 4 is 17.9 Å². The van der Waals surface area contributed by atoms with Crippen LogP contribution in [0.4, 0.5) is 0 Å². The van der Waals surface area contributed by atoms with Crippen LogP contribution in [0.3, 0.4) is 0 Å². The summed E-state index contributed by atoms with van der Waals surface area (Å²) in [6, 6.07) is 0. The molecule has 0 aromatic carbocycles. The van der Waals surface area contributed by atoms with Crippen molar-refractivity contribution in [3.8, 4) is 0 Å². The van der Waals surface area contributed by atoms with Crippen molar-refractivity contribution in [3.05, 3.63) is 109 Å². The molecule has 1 unspecified atom stereocenters. The third-order valence-corrected chi connectivity index (χ3v) is 9.51. The van der Waals surface area contributed by atoms with E-state index in [0.717, 1.165) is 122 Å². The number of hydrogen-bond acceptors (Lipinski definition) is 6. The van der Waals surface area contributed by atoms with Gasteiger partial charge in [0, 0.05) is 19.3 Å². The summed E-state index contributed by atoms with van der Waals surface area (Å²) in [7, 11) is 0. The van der Waals surface area contributed by atoms with Gasteiger partial charge < -0.3 is 14.2 Å². The Kier molecular flexibility index (Phi) is 44.6. The van der Waals surface area contributed by atoms with Crippen LogP contribution in [0.5, 0.6) is 0 Å². The van der Waals surface area contributed by atoms with Gasteiger partial charge in [0.2, 0.25) is 0 Å². The second-order valence-electron chi connectivity index (χ2n) is 15.2. The number of allylic oxidation sites excluding steroid dienone is 18. The highest BCUT2D eigenvalue weighted by Crippen LogP contribution is 2.12. The van der Waals surface area contributed by atoms with E-state index < -0.39 is 6.10 Å². The average Bonchev–Trinajstić information content (AvgIpc) is 3.24. The Morgan fingerprint density at radius 2 is 0.683 bits per heavy atom. The minimum atomic E-state index is -0.819. The molecule has 0 saturated heterocycles. The molecule has 0 heterocycles. The number of rotatable bonds is 41. The van der Waals surface area contributed by atoms with Crippen molar-refractivity contribution in [2.45, 2.75) is 200 Å². The number of ether oxygens (including phenoxy) is 3. The third kappa shape index (κ3) is 45.2. The van der Waals surface area contributed by atoms with Gasteiger partial charge in [-0.25, -0.2) is 0 Å². The molecular formula is C54H86O6. The molecule has 6 heteroatoms. The summed E-state index contributed by atoms with van der Waals surface area (Å²) in [5.41, 5.74) is 0. The van der Waals surface area contributed by atoms with Gasteiger partial charge in [-0.1, -0.05) is 182 Å². The number of esters is 3. The predicted molar refractivity (Wildman–Crippen MR) is 256 cm³/mol. The van der Waals surface area contributed by atoms with Gasteiger partial charge in [-0.3, -0.25) is 14.4 Å². The maximum atomic E-state index is 12.8. The Labute approximate surface area is 368 Å². The molecule has 0 aromatic heterocycles. The smallest absolute Gasteiger partial charge is 0.306 e. The standard InChI is InChI=1S/C54H86O6/c1-4-7-10-13-16-19-22-24-26-28-30-32-35-38-41-44-47-53(56)59-50-51(49-58-52(55)46-43-40-37-34-21-18-15-12-9-6-3)60-54(57)48-45-42-39-36-33-31-29-27-25-23-20-17-14-11-8-5-2/h7-8,10-11,15-20,24-27,30,32,38,41,51H,4-6,9,12-14,21-23,28-29,31,33-37,39-40,42-50H2,1-3H3/b10-7-,11-8-,18-15-,19-16-,20-17-,26-24-,27-25-,32-30-,41-38-. The fraction of sp³-hybridized carbons (Fsp3) is 0.611. The largest absolute Gasteiger partial charge is 0.462 e. The quantitative estimate of drug-likeness (QED) is 0.0264.